The van der Waals surface area contributed by atoms with Crippen LogP contribution in [-0.4, -0.2) is 39.8 Å². The van der Waals surface area contributed by atoms with Gasteiger partial charge in [-0.3, -0.25) is 4.79 Å². The number of methoxy groups -OCH3 is 3. The molecule has 0 aliphatic heterocycles. The molecule has 0 saturated carbocycles. The van der Waals surface area contributed by atoms with Gasteiger partial charge in [-0.1, -0.05) is 42.5 Å². The minimum atomic E-state index is -1.24. The van der Waals surface area contributed by atoms with Gasteiger partial charge in [0.1, 0.15) is 17.1 Å². The van der Waals surface area contributed by atoms with Crippen LogP contribution in [0.5, 0.6) is 23.0 Å². The fourth-order valence-electron chi connectivity index (χ4n) is 3.31. The lowest BCUT2D eigenvalue weighted by atomic mass is 10.1. The lowest BCUT2D eigenvalue weighted by Crippen LogP contribution is -2.26. The second-order valence-electron chi connectivity index (χ2n) is 7.02. The largest absolute Gasteiger partial charge is 0.496 e. The number of amides is 1. The normalized spacial score (nSPS) is 11.2. The average molecular weight is 466 g/mol. The first kappa shape index (κ1) is 24.4. The molecule has 0 aliphatic rings. The van der Waals surface area contributed by atoms with E-state index in [1.165, 1.54) is 33.5 Å². The molecule has 178 valence electrons. The van der Waals surface area contributed by atoms with Crippen molar-refractivity contribution in [3.05, 3.63) is 77.9 Å². The first-order valence-corrected chi connectivity index (χ1v) is 10.6. The van der Waals surface area contributed by atoms with Gasteiger partial charge < -0.3 is 29.0 Å². The highest BCUT2D eigenvalue weighted by Crippen LogP contribution is 2.36. The standard InChI is InChI=1S/C26H27NO7/c1-5-33-20-14-10-9-13-19(20)27-25(28)24(17-11-7-6-8-12-17)34-26(29)18-15-22(31-3)23(32-4)16-21(18)30-2/h6-16,24H,5H2,1-4H3,(H,27,28)/t24-/m0/s1. The molecule has 0 bridgehead atoms. The SMILES string of the molecule is CCOc1ccccc1NC(=O)[C@@H](OC(=O)c1cc(OC)c(OC)cc1OC)c1ccccc1. The van der Waals surface area contributed by atoms with Gasteiger partial charge in [-0.05, 0) is 19.1 Å². The smallest absolute Gasteiger partial charge is 0.343 e. The fraction of sp³-hybridized carbons (Fsp3) is 0.231. The molecule has 0 aromatic heterocycles. The van der Waals surface area contributed by atoms with Crippen LogP contribution in [0.15, 0.2) is 66.7 Å². The molecular formula is C26H27NO7. The predicted molar refractivity (Wildman–Crippen MR) is 127 cm³/mol. The van der Waals surface area contributed by atoms with E-state index in [-0.39, 0.29) is 11.3 Å². The van der Waals surface area contributed by atoms with Gasteiger partial charge in [0.2, 0.25) is 6.10 Å². The highest BCUT2D eigenvalue weighted by Gasteiger charge is 2.28. The van der Waals surface area contributed by atoms with Gasteiger partial charge in [0.05, 0.1) is 33.6 Å². The number of ether oxygens (including phenoxy) is 5. The van der Waals surface area contributed by atoms with Gasteiger partial charge in [-0.25, -0.2) is 4.79 Å². The first-order chi connectivity index (χ1) is 16.5. The van der Waals surface area contributed by atoms with Gasteiger partial charge in [0, 0.05) is 17.7 Å². The molecule has 3 aromatic carbocycles. The fourth-order valence-corrected chi connectivity index (χ4v) is 3.31. The third-order valence-corrected chi connectivity index (χ3v) is 4.94. The van der Waals surface area contributed by atoms with Crippen LogP contribution in [0, 0.1) is 0 Å². The highest BCUT2D eigenvalue weighted by atomic mass is 16.6. The molecule has 8 nitrogen and oxygen atoms in total. The van der Waals surface area contributed by atoms with E-state index in [0.29, 0.717) is 35.1 Å². The van der Waals surface area contributed by atoms with Crippen LogP contribution < -0.4 is 24.3 Å². The Hall–Kier alpha value is -4.20. The molecule has 0 saturated heterocycles. The van der Waals surface area contributed by atoms with Gasteiger partial charge in [0.15, 0.2) is 11.5 Å². The van der Waals surface area contributed by atoms with Crippen LogP contribution in [0.2, 0.25) is 0 Å². The maximum Gasteiger partial charge on any atom is 0.343 e. The third kappa shape index (κ3) is 5.58. The summed E-state index contributed by atoms with van der Waals surface area (Å²) in [6.45, 7) is 2.28. The number of esters is 1. The Labute approximate surface area is 198 Å². The van der Waals surface area contributed by atoms with Crippen LogP contribution in [-0.2, 0) is 9.53 Å². The first-order valence-electron chi connectivity index (χ1n) is 10.6. The molecule has 3 aromatic rings. The molecule has 1 atom stereocenters. The monoisotopic (exact) mass is 465 g/mol. The number of carbonyl (C=O) groups excluding carboxylic acids is 2. The van der Waals surface area contributed by atoms with E-state index < -0.39 is 18.0 Å². The maximum absolute atomic E-state index is 13.3. The average Bonchev–Trinajstić information content (AvgIpc) is 2.87. The number of carbonyl (C=O) groups is 2. The van der Waals surface area contributed by atoms with Crippen molar-refractivity contribution in [2.75, 3.05) is 33.3 Å². The van der Waals surface area contributed by atoms with E-state index in [1.807, 2.05) is 13.0 Å². The Morgan fingerprint density at radius 3 is 2.06 bits per heavy atom. The number of benzene rings is 3. The molecule has 8 heteroatoms. The molecular weight excluding hydrogens is 438 g/mol. The number of anilines is 1. The van der Waals surface area contributed by atoms with Crippen molar-refractivity contribution < 1.29 is 33.3 Å². The van der Waals surface area contributed by atoms with Gasteiger partial charge in [-0.15, -0.1) is 0 Å². The Morgan fingerprint density at radius 2 is 1.41 bits per heavy atom. The summed E-state index contributed by atoms with van der Waals surface area (Å²) < 4.78 is 27.2. The Kier molecular flexibility index (Phi) is 8.34. The Balaban J connectivity index is 1.94. The molecule has 0 aliphatic carbocycles. The maximum atomic E-state index is 13.3. The molecule has 0 spiro atoms. The van der Waals surface area contributed by atoms with Gasteiger partial charge in [-0.2, -0.15) is 0 Å². The Bertz CT molecular complexity index is 1130. The van der Waals surface area contributed by atoms with Crippen LogP contribution in [0.1, 0.15) is 28.9 Å². The van der Waals surface area contributed by atoms with E-state index in [4.69, 9.17) is 23.7 Å². The van der Waals surface area contributed by atoms with E-state index >= 15 is 0 Å². The van der Waals surface area contributed by atoms with E-state index in [1.54, 1.807) is 48.5 Å². The molecule has 0 radical (unpaired) electrons. The Morgan fingerprint density at radius 1 is 0.794 bits per heavy atom. The number of hydrogen-bond donors (Lipinski definition) is 1. The van der Waals surface area contributed by atoms with Gasteiger partial charge >= 0.3 is 5.97 Å². The van der Waals surface area contributed by atoms with Crippen LogP contribution in [0.4, 0.5) is 5.69 Å². The third-order valence-electron chi connectivity index (χ3n) is 4.94. The molecule has 0 heterocycles. The summed E-state index contributed by atoms with van der Waals surface area (Å²) in [4.78, 5) is 26.5. The highest BCUT2D eigenvalue weighted by molar-refractivity contribution is 6.00. The zero-order valence-electron chi connectivity index (χ0n) is 19.5. The van der Waals surface area contributed by atoms with E-state index in [0.717, 1.165) is 0 Å². The number of para-hydroxylation sites is 2. The van der Waals surface area contributed by atoms with Crippen molar-refractivity contribution in [2.45, 2.75) is 13.0 Å². The zero-order valence-corrected chi connectivity index (χ0v) is 19.5. The van der Waals surface area contributed by atoms with Crippen LogP contribution in [0.3, 0.4) is 0 Å². The zero-order chi connectivity index (χ0) is 24.5. The van der Waals surface area contributed by atoms with Crippen molar-refractivity contribution in [1.29, 1.82) is 0 Å². The van der Waals surface area contributed by atoms with Crippen molar-refractivity contribution in [2.24, 2.45) is 0 Å². The summed E-state index contributed by atoms with van der Waals surface area (Å²) in [5.41, 5.74) is 1.06. The summed E-state index contributed by atoms with van der Waals surface area (Å²) in [5.74, 6) is 0.142. The molecule has 0 fully saturated rings. The second kappa shape index (κ2) is 11.6. The van der Waals surface area contributed by atoms with Crippen LogP contribution in [0.25, 0.3) is 0 Å². The van der Waals surface area contributed by atoms with Crippen molar-refractivity contribution in [3.63, 3.8) is 0 Å². The van der Waals surface area contributed by atoms with E-state index in [9.17, 15) is 9.59 Å². The molecule has 34 heavy (non-hydrogen) atoms. The second-order valence-corrected chi connectivity index (χ2v) is 7.02. The van der Waals surface area contributed by atoms with Crippen molar-refractivity contribution in [3.8, 4) is 23.0 Å². The van der Waals surface area contributed by atoms with Crippen molar-refractivity contribution in [1.82, 2.24) is 0 Å². The minimum absolute atomic E-state index is 0.0867. The minimum Gasteiger partial charge on any atom is -0.496 e. The lowest BCUT2D eigenvalue weighted by Gasteiger charge is -2.20. The topological polar surface area (TPSA) is 92.3 Å². The number of hydrogen-bond acceptors (Lipinski definition) is 7. The number of nitrogens with one attached hydrogen (secondary N) is 1. The van der Waals surface area contributed by atoms with Crippen molar-refractivity contribution >= 4 is 17.6 Å². The molecule has 1 N–H and O–H groups in total. The summed E-state index contributed by atoms with van der Waals surface area (Å²) in [7, 11) is 4.35. The molecule has 1 amide bonds. The summed E-state index contributed by atoms with van der Waals surface area (Å²) >= 11 is 0. The summed E-state index contributed by atoms with van der Waals surface area (Å²) in [6, 6.07) is 18.7. The molecule has 0 unspecified atom stereocenters. The predicted octanol–water partition coefficient (Wildman–Crippen LogP) is 4.65. The quantitative estimate of drug-likeness (QED) is 0.436. The summed E-state index contributed by atoms with van der Waals surface area (Å²) in [5, 5.41) is 2.80. The van der Waals surface area contributed by atoms with Gasteiger partial charge in [0.25, 0.3) is 5.91 Å². The van der Waals surface area contributed by atoms with Crippen LogP contribution >= 0.6 is 0 Å². The lowest BCUT2D eigenvalue weighted by molar-refractivity contribution is -0.125. The van der Waals surface area contributed by atoms with E-state index in [2.05, 4.69) is 5.32 Å². The molecule has 3 rings (SSSR count). The summed E-state index contributed by atoms with van der Waals surface area (Å²) in [6.07, 6.45) is -1.24. The number of rotatable bonds is 10.